The van der Waals surface area contributed by atoms with E-state index in [9.17, 15) is 18.0 Å². The minimum atomic E-state index is -4.43. The molecule has 0 aliphatic carbocycles. The van der Waals surface area contributed by atoms with Gasteiger partial charge in [-0.25, -0.2) is 0 Å². The number of rotatable bonds is 9. The molecule has 2 aromatic carbocycles. The first-order valence-corrected chi connectivity index (χ1v) is 11.3. The smallest absolute Gasteiger partial charge is 0.385 e. The van der Waals surface area contributed by atoms with E-state index < -0.39 is 17.0 Å². The molecule has 1 N–H and O–H groups in total. The maximum absolute atomic E-state index is 12.7. The minimum absolute atomic E-state index is 0.277. The highest BCUT2D eigenvalue weighted by molar-refractivity contribution is 8.00. The molecule has 0 fully saturated rings. The summed E-state index contributed by atoms with van der Waals surface area (Å²) in [5.74, 6) is 0.208. The fraction of sp³-hybridized carbons (Fsp3) is 0.318. The second-order valence-electron chi connectivity index (χ2n) is 7.11. The zero-order valence-corrected chi connectivity index (χ0v) is 19.5. The maximum Gasteiger partial charge on any atom is 0.416 e. The van der Waals surface area contributed by atoms with Crippen molar-refractivity contribution in [2.24, 2.45) is 0 Å². The molecule has 3 aromatic rings. The van der Waals surface area contributed by atoms with E-state index in [1.807, 2.05) is 22.8 Å². The van der Waals surface area contributed by atoms with Crippen molar-refractivity contribution in [2.75, 3.05) is 19.0 Å². The molecule has 0 aliphatic rings. The molecule has 0 bridgehead atoms. The minimum Gasteiger partial charge on any atom is -0.385 e. The molecule has 3 rings (SSSR count). The lowest BCUT2D eigenvalue weighted by molar-refractivity contribution is -0.137. The number of methoxy groups -OCH3 is 1. The molecule has 176 valence electrons. The average Bonchev–Trinajstić information content (AvgIpc) is 3.16. The molecule has 1 atom stereocenters. The highest BCUT2D eigenvalue weighted by Crippen LogP contribution is 2.32. The number of aromatic nitrogens is 3. The highest BCUT2D eigenvalue weighted by Gasteiger charge is 2.30. The third-order valence-electron chi connectivity index (χ3n) is 4.69. The Balaban J connectivity index is 1.76. The fourth-order valence-electron chi connectivity index (χ4n) is 2.98. The van der Waals surface area contributed by atoms with Gasteiger partial charge in [-0.1, -0.05) is 35.5 Å². The summed E-state index contributed by atoms with van der Waals surface area (Å²) in [6, 6.07) is 11.6. The van der Waals surface area contributed by atoms with E-state index in [1.165, 1.54) is 23.9 Å². The first kappa shape index (κ1) is 25.1. The van der Waals surface area contributed by atoms with Gasteiger partial charge in [0.25, 0.3) is 0 Å². The van der Waals surface area contributed by atoms with Crippen molar-refractivity contribution in [3.8, 4) is 11.4 Å². The van der Waals surface area contributed by atoms with E-state index in [1.54, 1.807) is 20.1 Å². The molecule has 0 radical (unpaired) electrons. The molecular weight excluding hydrogens is 477 g/mol. The molecule has 0 spiro atoms. The number of hydrogen-bond acceptors (Lipinski definition) is 5. The van der Waals surface area contributed by atoms with Crippen LogP contribution in [0.2, 0.25) is 5.02 Å². The summed E-state index contributed by atoms with van der Waals surface area (Å²) in [4.78, 5) is 12.6. The van der Waals surface area contributed by atoms with Gasteiger partial charge in [0.1, 0.15) is 0 Å². The van der Waals surface area contributed by atoms with Gasteiger partial charge >= 0.3 is 6.18 Å². The predicted molar refractivity (Wildman–Crippen MR) is 122 cm³/mol. The molecular formula is C22H22ClF3N4O2S. The van der Waals surface area contributed by atoms with Crippen LogP contribution in [0.1, 0.15) is 18.9 Å². The summed E-state index contributed by atoms with van der Waals surface area (Å²) in [7, 11) is 1.62. The van der Waals surface area contributed by atoms with Crippen molar-refractivity contribution in [2.45, 2.75) is 36.5 Å². The van der Waals surface area contributed by atoms with E-state index >= 15 is 0 Å². The van der Waals surface area contributed by atoms with Crippen LogP contribution in [-0.4, -0.2) is 39.6 Å². The first-order chi connectivity index (χ1) is 15.7. The van der Waals surface area contributed by atoms with Crippen LogP contribution in [0.25, 0.3) is 11.4 Å². The SMILES string of the molecule is COCCCn1c(SC(C)C(=O)Nc2ccc(C(F)(F)F)cc2)nnc1-c1ccccc1Cl. The van der Waals surface area contributed by atoms with E-state index in [2.05, 4.69) is 15.5 Å². The lowest BCUT2D eigenvalue weighted by atomic mass is 10.2. The van der Waals surface area contributed by atoms with Gasteiger partial charge in [0.15, 0.2) is 11.0 Å². The van der Waals surface area contributed by atoms with E-state index in [-0.39, 0.29) is 11.6 Å². The number of hydrogen-bond donors (Lipinski definition) is 1. The molecule has 1 amide bonds. The Kier molecular flexibility index (Phi) is 8.39. The summed E-state index contributed by atoms with van der Waals surface area (Å²) >= 11 is 7.54. The van der Waals surface area contributed by atoms with Gasteiger partial charge in [0.05, 0.1) is 15.8 Å². The van der Waals surface area contributed by atoms with Crippen molar-refractivity contribution in [1.82, 2.24) is 14.8 Å². The lowest BCUT2D eigenvalue weighted by Gasteiger charge is -2.14. The second kappa shape index (κ2) is 11.0. The summed E-state index contributed by atoms with van der Waals surface area (Å²) in [6.45, 7) is 2.78. The Morgan fingerprint density at radius 2 is 1.88 bits per heavy atom. The van der Waals surface area contributed by atoms with Crippen LogP contribution in [0.3, 0.4) is 0 Å². The molecule has 0 saturated carbocycles. The molecule has 0 saturated heterocycles. The normalized spacial score (nSPS) is 12.5. The Bertz CT molecular complexity index is 1090. The quantitative estimate of drug-likeness (QED) is 0.299. The number of nitrogens with one attached hydrogen (secondary N) is 1. The fourth-order valence-corrected chi connectivity index (χ4v) is 4.08. The summed E-state index contributed by atoms with van der Waals surface area (Å²) in [5.41, 5.74) is 0.218. The van der Waals surface area contributed by atoms with Gasteiger partial charge in [-0.3, -0.25) is 4.79 Å². The van der Waals surface area contributed by atoms with Crippen molar-refractivity contribution in [3.05, 3.63) is 59.1 Å². The van der Waals surface area contributed by atoms with Crippen molar-refractivity contribution in [1.29, 1.82) is 0 Å². The van der Waals surface area contributed by atoms with Gasteiger partial charge in [0, 0.05) is 31.5 Å². The molecule has 6 nitrogen and oxygen atoms in total. The van der Waals surface area contributed by atoms with Gasteiger partial charge in [-0.15, -0.1) is 10.2 Å². The van der Waals surface area contributed by atoms with Gasteiger partial charge in [-0.2, -0.15) is 13.2 Å². The summed E-state index contributed by atoms with van der Waals surface area (Å²) < 4.78 is 45.2. The molecule has 0 aliphatic heterocycles. The van der Waals surface area contributed by atoms with Crippen molar-refractivity contribution in [3.63, 3.8) is 0 Å². The molecule has 1 unspecified atom stereocenters. The second-order valence-corrected chi connectivity index (χ2v) is 8.82. The maximum atomic E-state index is 12.7. The highest BCUT2D eigenvalue weighted by atomic mass is 35.5. The third kappa shape index (κ3) is 6.49. The van der Waals surface area contributed by atoms with Crippen LogP contribution in [0.5, 0.6) is 0 Å². The standard InChI is InChI=1S/C22H22ClF3N4O2S/c1-14(20(31)27-16-10-8-15(9-11-16)22(24,25)26)33-21-29-28-19(30(21)12-5-13-32-2)17-6-3-4-7-18(17)23/h3-4,6-11,14H,5,12-13H2,1-2H3,(H,27,31). The zero-order valence-electron chi connectivity index (χ0n) is 17.9. The Labute approximate surface area is 198 Å². The number of thioether (sulfide) groups is 1. The van der Waals surface area contributed by atoms with Crippen molar-refractivity contribution < 1.29 is 22.7 Å². The number of ether oxygens (including phenoxy) is 1. The third-order valence-corrected chi connectivity index (χ3v) is 6.10. The molecule has 1 aromatic heterocycles. The number of carbonyl (C=O) groups is 1. The number of halogens is 4. The van der Waals surface area contributed by atoms with Crippen LogP contribution in [-0.2, 0) is 22.3 Å². The van der Waals surface area contributed by atoms with Crippen LogP contribution in [0.15, 0.2) is 53.7 Å². The number of nitrogens with zero attached hydrogens (tertiary/aromatic N) is 3. The van der Waals surface area contributed by atoms with Crippen LogP contribution < -0.4 is 5.32 Å². The Morgan fingerprint density at radius 3 is 2.52 bits per heavy atom. The average molecular weight is 499 g/mol. The molecule has 1 heterocycles. The first-order valence-electron chi connectivity index (χ1n) is 10.0. The summed E-state index contributed by atoms with van der Waals surface area (Å²) in [5, 5.41) is 11.6. The van der Waals surface area contributed by atoms with Crippen LogP contribution >= 0.6 is 23.4 Å². The number of alkyl halides is 3. The number of amides is 1. The van der Waals surface area contributed by atoms with Crippen LogP contribution in [0.4, 0.5) is 18.9 Å². The summed E-state index contributed by atoms with van der Waals surface area (Å²) in [6.07, 6.45) is -3.73. The van der Waals surface area contributed by atoms with Gasteiger partial charge in [-0.05, 0) is 49.7 Å². The Hall–Kier alpha value is -2.56. The van der Waals surface area contributed by atoms with Crippen LogP contribution in [0, 0.1) is 0 Å². The van der Waals surface area contributed by atoms with E-state index in [0.29, 0.717) is 35.6 Å². The Morgan fingerprint density at radius 1 is 1.18 bits per heavy atom. The number of anilines is 1. The number of benzene rings is 2. The lowest BCUT2D eigenvalue weighted by Crippen LogP contribution is -2.23. The monoisotopic (exact) mass is 498 g/mol. The molecule has 11 heteroatoms. The van der Waals surface area contributed by atoms with Gasteiger partial charge in [0.2, 0.25) is 5.91 Å². The van der Waals surface area contributed by atoms with E-state index in [0.717, 1.165) is 17.7 Å². The number of carbonyl (C=O) groups excluding carboxylic acids is 1. The van der Waals surface area contributed by atoms with Gasteiger partial charge < -0.3 is 14.6 Å². The van der Waals surface area contributed by atoms with Crippen molar-refractivity contribution >= 4 is 35.0 Å². The largest absolute Gasteiger partial charge is 0.416 e. The predicted octanol–water partition coefficient (Wildman–Crippen LogP) is 5.77. The topological polar surface area (TPSA) is 69.0 Å². The van der Waals surface area contributed by atoms with E-state index in [4.69, 9.17) is 16.3 Å². The zero-order chi connectivity index (χ0) is 24.0. The molecule has 33 heavy (non-hydrogen) atoms.